The highest BCUT2D eigenvalue weighted by atomic mass is 16.5. The monoisotopic (exact) mass is 513 g/mol. The van der Waals surface area contributed by atoms with Gasteiger partial charge in [-0.05, 0) is 48.9 Å². The number of aryl methyl sites for hydroxylation is 1. The lowest BCUT2D eigenvalue weighted by Gasteiger charge is -2.35. The quantitative estimate of drug-likeness (QED) is 0.545. The highest BCUT2D eigenvalue weighted by Crippen LogP contribution is 2.36. The molecule has 1 N–H and O–H groups in total. The van der Waals surface area contributed by atoms with Crippen LogP contribution < -0.4 is 19.9 Å². The van der Waals surface area contributed by atoms with Crippen molar-refractivity contribution in [3.63, 3.8) is 0 Å². The molecule has 3 aliphatic rings. The summed E-state index contributed by atoms with van der Waals surface area (Å²) < 4.78 is 11.1. The molecule has 3 heterocycles. The first kappa shape index (κ1) is 24.7. The second-order valence-electron chi connectivity index (χ2n) is 10.4. The topological polar surface area (TPSA) is 83.0 Å². The lowest BCUT2D eigenvalue weighted by molar-refractivity contribution is 0.248. The highest BCUT2D eigenvalue weighted by molar-refractivity contribution is 6.05. The maximum Gasteiger partial charge on any atom is 0.255 e. The Morgan fingerprint density at radius 3 is 2.53 bits per heavy atom. The summed E-state index contributed by atoms with van der Waals surface area (Å²) >= 11 is 0. The summed E-state index contributed by atoms with van der Waals surface area (Å²) in [7, 11) is 3.32. The molecule has 198 valence electrons. The SMILES string of the molecule is COc1cc2c(cc1OC)C(C1CCc3nc(N4CCN(Cc5ccccc5)CC4)[nH]c(=O)c3C1)=NCC2. The van der Waals surface area contributed by atoms with Crippen LogP contribution in [0.1, 0.15) is 34.4 Å². The number of fused-ring (bicyclic) bond motifs is 2. The summed E-state index contributed by atoms with van der Waals surface area (Å²) in [6.45, 7) is 5.32. The lowest BCUT2D eigenvalue weighted by Crippen LogP contribution is -2.47. The standard InChI is InChI=1S/C30H35N5O3/c1-37-26-17-21-10-11-31-28(23(21)18-27(26)38-2)22-8-9-25-24(16-22)29(36)33-30(32-25)35-14-12-34(13-15-35)19-20-6-4-3-5-7-20/h3-7,17-18,22H,8-16,19H2,1-2H3,(H,32,33,36). The fourth-order valence-electron chi connectivity index (χ4n) is 6.05. The molecule has 6 rings (SSSR count). The fraction of sp³-hybridized carbons (Fsp3) is 0.433. The summed E-state index contributed by atoms with van der Waals surface area (Å²) in [6, 6.07) is 14.7. The zero-order chi connectivity index (χ0) is 26.1. The van der Waals surface area contributed by atoms with Crippen LogP contribution in [0, 0.1) is 5.92 Å². The lowest BCUT2D eigenvalue weighted by atomic mass is 9.79. The van der Waals surface area contributed by atoms with Crippen LogP contribution in [-0.2, 0) is 25.8 Å². The molecular weight excluding hydrogens is 478 g/mol. The Balaban J connectivity index is 1.17. The molecular formula is C30H35N5O3. The molecule has 1 saturated heterocycles. The number of anilines is 1. The molecule has 2 aromatic carbocycles. The molecule has 0 amide bonds. The number of benzene rings is 2. The zero-order valence-corrected chi connectivity index (χ0v) is 22.2. The predicted molar refractivity (Wildman–Crippen MR) is 149 cm³/mol. The van der Waals surface area contributed by atoms with Gasteiger partial charge < -0.3 is 14.4 Å². The molecule has 1 aliphatic carbocycles. The van der Waals surface area contributed by atoms with Gasteiger partial charge in [0.15, 0.2) is 11.5 Å². The number of ether oxygens (including phenoxy) is 2. The molecule has 8 heteroatoms. The predicted octanol–water partition coefficient (Wildman–Crippen LogP) is 3.26. The minimum atomic E-state index is -0.00893. The van der Waals surface area contributed by atoms with Crippen molar-refractivity contribution in [1.82, 2.24) is 14.9 Å². The van der Waals surface area contributed by atoms with Gasteiger partial charge in [0.2, 0.25) is 5.95 Å². The van der Waals surface area contributed by atoms with E-state index >= 15 is 0 Å². The number of hydrogen-bond donors (Lipinski definition) is 1. The Labute approximate surface area is 223 Å². The number of aliphatic imine (C=N–C) groups is 1. The molecule has 0 bridgehead atoms. The summed E-state index contributed by atoms with van der Waals surface area (Å²) in [5, 5.41) is 0. The third kappa shape index (κ3) is 4.80. The number of hydrogen-bond acceptors (Lipinski definition) is 7. The van der Waals surface area contributed by atoms with Crippen LogP contribution in [-0.4, -0.2) is 67.5 Å². The smallest absolute Gasteiger partial charge is 0.255 e. The average Bonchev–Trinajstić information content (AvgIpc) is 2.97. The number of rotatable bonds is 6. The van der Waals surface area contributed by atoms with Gasteiger partial charge in [-0.2, -0.15) is 0 Å². The molecule has 3 aromatic rings. The van der Waals surface area contributed by atoms with Crippen LogP contribution in [0.15, 0.2) is 52.3 Å². The normalized spacial score (nSPS) is 19.4. The van der Waals surface area contributed by atoms with Gasteiger partial charge in [0.25, 0.3) is 5.56 Å². The fourth-order valence-corrected chi connectivity index (χ4v) is 6.05. The van der Waals surface area contributed by atoms with Gasteiger partial charge in [0, 0.05) is 62.0 Å². The van der Waals surface area contributed by atoms with Crippen molar-refractivity contribution >= 4 is 11.7 Å². The van der Waals surface area contributed by atoms with Crippen molar-refractivity contribution in [2.75, 3.05) is 51.8 Å². The molecule has 38 heavy (non-hydrogen) atoms. The Morgan fingerprint density at radius 1 is 1.00 bits per heavy atom. The summed E-state index contributed by atoms with van der Waals surface area (Å²) in [5.41, 5.74) is 6.50. The Kier molecular flexibility index (Phi) is 6.89. The van der Waals surface area contributed by atoms with Crippen LogP contribution in [0.5, 0.6) is 11.5 Å². The van der Waals surface area contributed by atoms with E-state index < -0.39 is 0 Å². The molecule has 1 aromatic heterocycles. The first-order chi connectivity index (χ1) is 18.6. The number of nitrogens with one attached hydrogen (secondary N) is 1. The van der Waals surface area contributed by atoms with Gasteiger partial charge >= 0.3 is 0 Å². The number of nitrogens with zero attached hydrogens (tertiary/aromatic N) is 4. The van der Waals surface area contributed by atoms with E-state index in [0.29, 0.717) is 18.1 Å². The van der Waals surface area contributed by atoms with Crippen molar-refractivity contribution in [2.45, 2.75) is 32.2 Å². The van der Waals surface area contributed by atoms with Crippen LogP contribution in [0.4, 0.5) is 5.95 Å². The van der Waals surface area contributed by atoms with E-state index in [0.717, 1.165) is 86.8 Å². The van der Waals surface area contributed by atoms with E-state index in [2.05, 4.69) is 51.2 Å². The second kappa shape index (κ2) is 10.6. The van der Waals surface area contributed by atoms with Crippen molar-refractivity contribution in [1.29, 1.82) is 0 Å². The summed E-state index contributed by atoms with van der Waals surface area (Å²) in [4.78, 5) is 31.0. The van der Waals surface area contributed by atoms with E-state index in [-0.39, 0.29) is 11.5 Å². The molecule has 8 nitrogen and oxygen atoms in total. The van der Waals surface area contributed by atoms with Crippen LogP contribution in [0.2, 0.25) is 0 Å². The third-order valence-corrected chi connectivity index (χ3v) is 8.12. The van der Waals surface area contributed by atoms with E-state index in [1.807, 2.05) is 6.07 Å². The Morgan fingerprint density at radius 2 is 1.76 bits per heavy atom. The number of H-pyrrole nitrogens is 1. The first-order valence-corrected chi connectivity index (χ1v) is 13.6. The van der Waals surface area contributed by atoms with Gasteiger partial charge in [-0.15, -0.1) is 0 Å². The largest absolute Gasteiger partial charge is 0.493 e. The molecule has 0 radical (unpaired) electrons. The van der Waals surface area contributed by atoms with Crippen LogP contribution >= 0.6 is 0 Å². The van der Waals surface area contributed by atoms with Gasteiger partial charge in [-0.25, -0.2) is 4.98 Å². The number of methoxy groups -OCH3 is 2. The van der Waals surface area contributed by atoms with Gasteiger partial charge in [0.05, 0.1) is 19.9 Å². The maximum atomic E-state index is 13.3. The summed E-state index contributed by atoms with van der Waals surface area (Å²) in [5.74, 6) is 2.36. The molecule has 0 saturated carbocycles. The second-order valence-corrected chi connectivity index (χ2v) is 10.4. The number of piperazine rings is 1. The van der Waals surface area contributed by atoms with Gasteiger partial charge in [0.1, 0.15) is 0 Å². The number of aromatic nitrogens is 2. The minimum absolute atomic E-state index is 0.00893. The van der Waals surface area contributed by atoms with Crippen molar-refractivity contribution < 1.29 is 9.47 Å². The van der Waals surface area contributed by atoms with E-state index in [9.17, 15) is 4.79 Å². The van der Waals surface area contributed by atoms with E-state index in [1.165, 1.54) is 11.1 Å². The van der Waals surface area contributed by atoms with Crippen LogP contribution in [0.25, 0.3) is 0 Å². The van der Waals surface area contributed by atoms with E-state index in [4.69, 9.17) is 19.5 Å². The third-order valence-electron chi connectivity index (χ3n) is 8.12. The van der Waals surface area contributed by atoms with Crippen molar-refractivity contribution in [3.05, 3.63) is 80.8 Å². The first-order valence-electron chi connectivity index (χ1n) is 13.6. The Hall–Kier alpha value is -3.65. The molecule has 1 fully saturated rings. The summed E-state index contributed by atoms with van der Waals surface area (Å²) in [6.07, 6.45) is 3.26. The molecule has 1 unspecified atom stereocenters. The maximum absolute atomic E-state index is 13.3. The minimum Gasteiger partial charge on any atom is -0.493 e. The van der Waals surface area contributed by atoms with Crippen molar-refractivity contribution in [2.24, 2.45) is 10.9 Å². The van der Waals surface area contributed by atoms with Crippen LogP contribution in [0.3, 0.4) is 0 Å². The molecule has 0 spiro atoms. The molecule has 2 aliphatic heterocycles. The van der Waals surface area contributed by atoms with Gasteiger partial charge in [-0.1, -0.05) is 30.3 Å². The highest BCUT2D eigenvalue weighted by Gasteiger charge is 2.31. The van der Waals surface area contributed by atoms with Crippen molar-refractivity contribution in [3.8, 4) is 11.5 Å². The molecule has 1 atom stereocenters. The number of aromatic amines is 1. The zero-order valence-electron chi connectivity index (χ0n) is 22.2. The average molecular weight is 514 g/mol. The van der Waals surface area contributed by atoms with Gasteiger partial charge in [-0.3, -0.25) is 19.7 Å². The Bertz CT molecular complexity index is 1390. The van der Waals surface area contributed by atoms with E-state index in [1.54, 1.807) is 14.2 Å².